The largest absolute Gasteiger partial charge is 0.756 e. The Morgan fingerprint density at radius 2 is 0.968 bits per heavy atom. The number of aliphatic hydroxyl groups excluding tert-OH is 1. The number of hydrogen-bond acceptors (Lipinski definition) is 6. The van der Waals surface area contributed by atoms with E-state index in [0.717, 1.165) is 70.6 Å². The fraction of sp³-hybridized carbons (Fsp3) is 0.759. The van der Waals surface area contributed by atoms with Crippen molar-refractivity contribution in [2.75, 3.05) is 40.9 Å². The van der Waals surface area contributed by atoms with Crippen LogP contribution in [-0.4, -0.2) is 68.5 Å². The monoisotopic (exact) mass is 903 g/mol. The maximum Gasteiger partial charge on any atom is 0.268 e. The standard InChI is InChI=1S/C54H99N2O6P/c1-6-8-10-12-13-14-15-16-17-18-19-20-21-22-23-24-25-26-27-28-29-30-31-32-33-34-35-36-37-38-39-40-41-42-43-44-46-48-54(58)55-52(53(57)47-45-11-9-7-2)51-62-63(59,60)61-50-49-56(3,4)5/h8,10,13-14,16-17,19-20,22-23,45,47,52-53,57H,6-7,9,11-12,15,18,21,24-44,46,48-51H2,1-5H3,(H-,55,58,59,60)/b10-8-,14-13-,17-16-,20-19-,23-22-,47-45+. The normalized spacial score (nSPS) is 14.7. The number of hydrogen-bond donors (Lipinski definition) is 2. The van der Waals surface area contributed by atoms with Gasteiger partial charge in [0.25, 0.3) is 7.82 Å². The summed E-state index contributed by atoms with van der Waals surface area (Å²) >= 11 is 0. The highest BCUT2D eigenvalue weighted by molar-refractivity contribution is 7.45. The van der Waals surface area contributed by atoms with Crippen LogP contribution < -0.4 is 10.2 Å². The lowest BCUT2D eigenvalue weighted by atomic mass is 10.0. The molecule has 0 bridgehead atoms. The van der Waals surface area contributed by atoms with Crippen LogP contribution in [0, 0.1) is 0 Å². The van der Waals surface area contributed by atoms with Gasteiger partial charge in [0.2, 0.25) is 5.91 Å². The molecule has 3 atom stereocenters. The number of carbonyl (C=O) groups is 1. The van der Waals surface area contributed by atoms with E-state index in [1.807, 2.05) is 27.2 Å². The van der Waals surface area contributed by atoms with Crippen LogP contribution in [0.15, 0.2) is 72.9 Å². The Bertz CT molecular complexity index is 1250. The molecule has 1 amide bonds. The summed E-state index contributed by atoms with van der Waals surface area (Å²) in [7, 11) is 1.25. The van der Waals surface area contributed by atoms with Gasteiger partial charge in [0.15, 0.2) is 0 Å². The topological polar surface area (TPSA) is 108 Å². The number of quaternary nitrogens is 1. The molecule has 8 nitrogen and oxygen atoms in total. The molecule has 0 heterocycles. The number of phosphoric acid groups is 1. The smallest absolute Gasteiger partial charge is 0.268 e. The van der Waals surface area contributed by atoms with Crippen LogP contribution in [-0.2, 0) is 18.4 Å². The first-order chi connectivity index (χ1) is 30.5. The molecule has 9 heteroatoms. The van der Waals surface area contributed by atoms with Crippen molar-refractivity contribution in [2.24, 2.45) is 0 Å². The summed E-state index contributed by atoms with van der Waals surface area (Å²) < 4.78 is 23.0. The Labute approximate surface area is 389 Å². The number of likely N-dealkylation sites (N-methyl/N-ethyl adjacent to an activating group) is 1. The average molecular weight is 903 g/mol. The van der Waals surface area contributed by atoms with Gasteiger partial charge in [0, 0.05) is 6.42 Å². The zero-order valence-corrected chi connectivity index (χ0v) is 42.4. The average Bonchev–Trinajstić information content (AvgIpc) is 3.24. The molecule has 0 aromatic heterocycles. The summed E-state index contributed by atoms with van der Waals surface area (Å²) in [6.45, 7) is 4.37. The van der Waals surface area contributed by atoms with Crippen molar-refractivity contribution in [3.8, 4) is 0 Å². The molecule has 3 unspecified atom stereocenters. The van der Waals surface area contributed by atoms with Crippen LogP contribution in [0.3, 0.4) is 0 Å². The molecule has 0 aromatic carbocycles. The van der Waals surface area contributed by atoms with Gasteiger partial charge in [0.05, 0.1) is 39.9 Å². The van der Waals surface area contributed by atoms with E-state index in [-0.39, 0.29) is 19.1 Å². The third kappa shape index (κ3) is 47.7. The molecule has 366 valence electrons. The van der Waals surface area contributed by atoms with Gasteiger partial charge in [-0.25, -0.2) is 0 Å². The molecule has 0 saturated carbocycles. The second-order valence-electron chi connectivity index (χ2n) is 18.5. The second kappa shape index (κ2) is 45.1. The van der Waals surface area contributed by atoms with Gasteiger partial charge in [-0.2, -0.15) is 0 Å². The molecule has 0 aromatic rings. The molecule has 0 fully saturated rings. The van der Waals surface area contributed by atoms with E-state index in [1.165, 1.54) is 122 Å². The van der Waals surface area contributed by atoms with Gasteiger partial charge in [-0.15, -0.1) is 0 Å². The highest BCUT2D eigenvalue weighted by atomic mass is 31.2. The first-order valence-corrected chi connectivity index (χ1v) is 27.3. The summed E-state index contributed by atoms with van der Waals surface area (Å²) in [6.07, 6.45) is 62.1. The van der Waals surface area contributed by atoms with Crippen molar-refractivity contribution in [3.05, 3.63) is 72.9 Å². The number of allylic oxidation sites excluding steroid dienone is 11. The lowest BCUT2D eigenvalue weighted by Gasteiger charge is -2.29. The molecule has 63 heavy (non-hydrogen) atoms. The molecule has 0 aliphatic rings. The van der Waals surface area contributed by atoms with Crippen LogP contribution in [0.4, 0.5) is 0 Å². The maximum absolute atomic E-state index is 12.7. The minimum absolute atomic E-state index is 0.00296. The van der Waals surface area contributed by atoms with Crippen LogP contribution >= 0.6 is 7.82 Å². The van der Waals surface area contributed by atoms with E-state index in [0.29, 0.717) is 17.4 Å². The van der Waals surface area contributed by atoms with E-state index < -0.39 is 20.0 Å². The lowest BCUT2D eigenvalue weighted by Crippen LogP contribution is -2.45. The Balaban J connectivity index is 3.72. The highest BCUT2D eigenvalue weighted by Crippen LogP contribution is 2.38. The fourth-order valence-electron chi connectivity index (χ4n) is 7.11. The van der Waals surface area contributed by atoms with Gasteiger partial charge in [0.1, 0.15) is 13.2 Å². The summed E-state index contributed by atoms with van der Waals surface area (Å²) in [5, 5.41) is 13.5. The van der Waals surface area contributed by atoms with Gasteiger partial charge < -0.3 is 28.8 Å². The number of carbonyl (C=O) groups excluding carboxylic acids is 1. The number of aliphatic hydroxyl groups is 1. The van der Waals surface area contributed by atoms with Gasteiger partial charge in [-0.1, -0.05) is 222 Å². The first-order valence-electron chi connectivity index (χ1n) is 25.8. The maximum atomic E-state index is 12.7. The molecule has 0 aliphatic carbocycles. The molecule has 0 radical (unpaired) electrons. The van der Waals surface area contributed by atoms with Gasteiger partial charge >= 0.3 is 0 Å². The predicted molar refractivity (Wildman–Crippen MR) is 270 cm³/mol. The van der Waals surface area contributed by atoms with Crippen molar-refractivity contribution < 1.29 is 32.9 Å². The minimum atomic E-state index is -4.57. The van der Waals surface area contributed by atoms with E-state index >= 15 is 0 Å². The third-order valence-corrected chi connectivity index (χ3v) is 12.1. The fourth-order valence-corrected chi connectivity index (χ4v) is 7.83. The zero-order chi connectivity index (χ0) is 46.4. The number of nitrogens with zero attached hydrogens (tertiary/aromatic N) is 1. The van der Waals surface area contributed by atoms with Crippen LogP contribution in [0.25, 0.3) is 0 Å². The Kier molecular flexibility index (Phi) is 43.6. The number of unbranched alkanes of at least 4 members (excludes halogenated alkanes) is 23. The molecule has 0 rings (SSSR count). The Morgan fingerprint density at radius 1 is 0.571 bits per heavy atom. The van der Waals surface area contributed by atoms with Crippen molar-refractivity contribution in [1.82, 2.24) is 5.32 Å². The van der Waals surface area contributed by atoms with Crippen molar-refractivity contribution in [1.29, 1.82) is 0 Å². The SMILES string of the molecule is CC/C=C\C/C=C\C/C=C\C/C=C\C/C=C\CCCCCCCCCCCCCCCCCCCCCCCC(=O)NC(COP(=O)([O-])OCC[N+](C)(C)C)C(O)/C=C/CCCC. The molecule has 0 aliphatic heterocycles. The van der Waals surface area contributed by atoms with Crippen molar-refractivity contribution in [2.45, 2.75) is 225 Å². The van der Waals surface area contributed by atoms with E-state index in [9.17, 15) is 19.4 Å². The van der Waals surface area contributed by atoms with Crippen LogP contribution in [0.5, 0.6) is 0 Å². The number of amides is 1. The number of rotatable bonds is 46. The predicted octanol–water partition coefficient (Wildman–Crippen LogP) is 14.5. The minimum Gasteiger partial charge on any atom is -0.756 e. The van der Waals surface area contributed by atoms with Crippen LogP contribution in [0.2, 0.25) is 0 Å². The van der Waals surface area contributed by atoms with Crippen molar-refractivity contribution >= 4 is 13.7 Å². The number of phosphoric ester groups is 1. The van der Waals surface area contributed by atoms with Crippen molar-refractivity contribution in [3.63, 3.8) is 0 Å². The summed E-state index contributed by atoms with van der Waals surface area (Å²) in [5.41, 5.74) is 0. The van der Waals surface area contributed by atoms with E-state index in [1.54, 1.807) is 6.08 Å². The first kappa shape index (κ1) is 60.9. The molecule has 2 N–H and O–H groups in total. The van der Waals surface area contributed by atoms with E-state index in [4.69, 9.17) is 9.05 Å². The summed E-state index contributed by atoms with van der Waals surface area (Å²) in [5.74, 6) is -0.207. The molecular formula is C54H99N2O6P. The Morgan fingerprint density at radius 3 is 1.40 bits per heavy atom. The van der Waals surface area contributed by atoms with Gasteiger partial charge in [-0.05, 0) is 57.8 Å². The number of nitrogens with one attached hydrogen (secondary N) is 1. The highest BCUT2D eigenvalue weighted by Gasteiger charge is 2.23. The quantitative estimate of drug-likeness (QED) is 0.0273. The summed E-state index contributed by atoms with van der Waals surface area (Å²) in [6, 6.07) is -0.882. The summed E-state index contributed by atoms with van der Waals surface area (Å²) in [4.78, 5) is 25.1. The zero-order valence-electron chi connectivity index (χ0n) is 41.5. The third-order valence-electron chi connectivity index (χ3n) is 11.2. The van der Waals surface area contributed by atoms with E-state index in [2.05, 4.69) is 79.9 Å². The van der Waals surface area contributed by atoms with Gasteiger partial charge in [-0.3, -0.25) is 9.36 Å². The Hall–Kier alpha value is -2.06. The molecular weight excluding hydrogens is 804 g/mol. The molecule has 0 saturated heterocycles. The molecule has 0 spiro atoms. The lowest BCUT2D eigenvalue weighted by molar-refractivity contribution is -0.870. The van der Waals surface area contributed by atoms with Crippen LogP contribution in [0.1, 0.15) is 213 Å². The second-order valence-corrected chi connectivity index (χ2v) is 19.9.